The van der Waals surface area contributed by atoms with Gasteiger partial charge in [0.1, 0.15) is 27.6 Å². The van der Waals surface area contributed by atoms with Crippen molar-refractivity contribution in [3.8, 4) is 17.2 Å². The van der Waals surface area contributed by atoms with Crippen molar-refractivity contribution in [2.24, 2.45) is 5.92 Å². The molecule has 3 rings (SSSR count). The molecule has 174 valence electrons. The Kier molecular flexibility index (Phi) is 8.06. The zero-order valence-electron chi connectivity index (χ0n) is 18.0. The summed E-state index contributed by atoms with van der Waals surface area (Å²) in [6, 6.07) is 3.61. The molecule has 2 aromatic rings. The first-order valence-corrected chi connectivity index (χ1v) is 11.5. The minimum atomic E-state index is -1.06. The second-order valence-electron chi connectivity index (χ2n) is 8.46. The molecule has 6 nitrogen and oxygen atoms in total. The summed E-state index contributed by atoms with van der Waals surface area (Å²) in [7, 11) is 0. The molecule has 1 saturated carbocycles. The summed E-state index contributed by atoms with van der Waals surface area (Å²) in [5.74, 6) is -1.71. The van der Waals surface area contributed by atoms with Gasteiger partial charge in [-0.2, -0.15) is 9.37 Å². The van der Waals surface area contributed by atoms with E-state index in [1.54, 1.807) is 6.07 Å². The van der Waals surface area contributed by atoms with E-state index < -0.39 is 23.0 Å². The van der Waals surface area contributed by atoms with Crippen LogP contribution in [-0.2, 0) is 4.79 Å². The van der Waals surface area contributed by atoms with Crippen molar-refractivity contribution in [2.45, 2.75) is 64.3 Å². The number of hydrogen-bond donors (Lipinski definition) is 3. The molecule has 1 aromatic heterocycles. The number of benzene rings is 1. The van der Waals surface area contributed by atoms with Gasteiger partial charge in [-0.3, -0.25) is 0 Å². The number of carboxylic acid groups (broad SMARTS) is 1. The smallest absolute Gasteiger partial charge is 0.326 e. The van der Waals surface area contributed by atoms with Crippen molar-refractivity contribution in [2.75, 3.05) is 5.32 Å². The number of carbonyl (C=O) groups is 1. The van der Waals surface area contributed by atoms with Gasteiger partial charge in [0.25, 0.3) is 0 Å². The zero-order valence-corrected chi connectivity index (χ0v) is 19.5. The third kappa shape index (κ3) is 5.75. The van der Waals surface area contributed by atoms with Gasteiger partial charge in [-0.25, -0.2) is 4.79 Å². The lowest BCUT2D eigenvalue weighted by molar-refractivity contribution is -0.138. The van der Waals surface area contributed by atoms with E-state index in [2.05, 4.69) is 10.3 Å². The fourth-order valence-electron chi connectivity index (χ4n) is 4.00. The zero-order chi connectivity index (χ0) is 23.4. The lowest BCUT2D eigenvalue weighted by Gasteiger charge is -2.25. The minimum Gasteiger partial charge on any atom is -0.508 e. The normalized spacial score (nSPS) is 15.6. The van der Waals surface area contributed by atoms with E-state index >= 15 is 0 Å². The average molecular weight is 485 g/mol. The van der Waals surface area contributed by atoms with Gasteiger partial charge in [-0.15, -0.1) is 0 Å². The van der Waals surface area contributed by atoms with Gasteiger partial charge >= 0.3 is 5.97 Å². The van der Waals surface area contributed by atoms with Crippen LogP contribution in [0.15, 0.2) is 18.2 Å². The van der Waals surface area contributed by atoms with Crippen LogP contribution in [0.5, 0.6) is 17.2 Å². The first-order valence-electron chi connectivity index (χ1n) is 10.7. The Balaban J connectivity index is 1.88. The van der Waals surface area contributed by atoms with E-state index in [1.165, 1.54) is 12.1 Å². The number of hydrogen-bond acceptors (Lipinski definition) is 5. The predicted molar refractivity (Wildman–Crippen MR) is 123 cm³/mol. The molecular weight excluding hydrogens is 458 g/mol. The van der Waals surface area contributed by atoms with E-state index in [-0.39, 0.29) is 34.2 Å². The Labute approximate surface area is 196 Å². The summed E-state index contributed by atoms with van der Waals surface area (Å²) in [5.41, 5.74) is 0.640. The molecule has 0 spiro atoms. The summed E-state index contributed by atoms with van der Waals surface area (Å²) < 4.78 is 20.3. The van der Waals surface area contributed by atoms with Gasteiger partial charge in [0.2, 0.25) is 5.95 Å². The molecule has 0 saturated heterocycles. The van der Waals surface area contributed by atoms with Crippen LogP contribution in [0.4, 0.5) is 10.2 Å². The molecule has 1 aromatic carbocycles. The van der Waals surface area contributed by atoms with Crippen molar-refractivity contribution < 1.29 is 24.1 Å². The van der Waals surface area contributed by atoms with Crippen molar-refractivity contribution >= 4 is 35.0 Å². The Morgan fingerprint density at radius 2 is 1.94 bits per heavy atom. The van der Waals surface area contributed by atoms with Gasteiger partial charge in [-0.1, -0.05) is 69.2 Å². The van der Waals surface area contributed by atoms with Crippen LogP contribution in [0, 0.1) is 11.9 Å². The van der Waals surface area contributed by atoms with Crippen LogP contribution in [0.1, 0.15) is 63.9 Å². The third-order valence-corrected chi connectivity index (χ3v) is 6.42. The number of pyridine rings is 1. The van der Waals surface area contributed by atoms with Crippen molar-refractivity contribution in [3.63, 3.8) is 0 Å². The highest BCUT2D eigenvalue weighted by Crippen LogP contribution is 2.42. The number of rotatable bonds is 8. The summed E-state index contributed by atoms with van der Waals surface area (Å²) in [4.78, 5) is 15.6. The number of phenols is 1. The van der Waals surface area contributed by atoms with Gasteiger partial charge in [0.05, 0.1) is 0 Å². The molecule has 1 atom stereocenters. The van der Waals surface area contributed by atoms with E-state index in [0.29, 0.717) is 17.7 Å². The van der Waals surface area contributed by atoms with Gasteiger partial charge in [-0.05, 0) is 36.5 Å². The van der Waals surface area contributed by atoms with Crippen LogP contribution >= 0.6 is 23.2 Å². The maximum Gasteiger partial charge on any atom is 0.326 e. The SMILES string of the molecule is CC(C)c1cc(Oc2c(Cl)c(F)nc(NC(CC3CCCCC3)C(=O)O)c2Cl)ccc1O. The fourth-order valence-corrected chi connectivity index (χ4v) is 4.45. The number of nitrogens with one attached hydrogen (secondary N) is 1. The molecule has 0 radical (unpaired) electrons. The molecule has 32 heavy (non-hydrogen) atoms. The lowest BCUT2D eigenvalue weighted by Crippen LogP contribution is -2.32. The number of nitrogens with zero attached hydrogens (tertiary/aromatic N) is 1. The van der Waals surface area contributed by atoms with Crippen molar-refractivity contribution in [1.82, 2.24) is 4.98 Å². The number of aliphatic carboxylic acids is 1. The standard InChI is InChI=1S/C23H27Cl2FN2O4/c1-12(2)15-11-14(8-9-17(15)29)32-20-18(24)21(26)28-22(19(20)25)27-16(23(30)31)10-13-6-4-3-5-7-13/h8-9,11-13,16,29H,3-7,10H2,1-2H3,(H,27,28)(H,30,31). The van der Waals surface area contributed by atoms with E-state index in [0.717, 1.165) is 32.1 Å². The number of anilines is 1. The van der Waals surface area contributed by atoms with Gasteiger partial charge in [0, 0.05) is 5.56 Å². The van der Waals surface area contributed by atoms with Crippen LogP contribution in [-0.4, -0.2) is 27.2 Å². The maximum atomic E-state index is 14.5. The highest BCUT2D eigenvalue weighted by molar-refractivity contribution is 6.38. The molecule has 1 unspecified atom stereocenters. The summed E-state index contributed by atoms with van der Waals surface area (Å²) in [6.07, 6.45) is 5.64. The first-order chi connectivity index (χ1) is 15.2. The topological polar surface area (TPSA) is 91.7 Å². The number of carboxylic acids is 1. The molecule has 0 amide bonds. The highest BCUT2D eigenvalue weighted by Gasteiger charge is 2.27. The first kappa shape index (κ1) is 24.4. The van der Waals surface area contributed by atoms with Crippen LogP contribution in [0.3, 0.4) is 0 Å². The van der Waals surface area contributed by atoms with Gasteiger partial charge < -0.3 is 20.3 Å². The predicted octanol–water partition coefficient (Wildman–Crippen LogP) is 6.98. The highest BCUT2D eigenvalue weighted by atomic mass is 35.5. The Bertz CT molecular complexity index is 981. The molecule has 1 heterocycles. The quantitative estimate of drug-likeness (QED) is 0.349. The van der Waals surface area contributed by atoms with E-state index in [1.807, 2.05) is 13.8 Å². The summed E-state index contributed by atoms with van der Waals surface area (Å²) >= 11 is 12.5. The molecular formula is C23H27Cl2FN2O4. The number of ether oxygens (including phenoxy) is 1. The summed E-state index contributed by atoms with van der Waals surface area (Å²) in [5, 5.41) is 21.9. The average Bonchev–Trinajstić information content (AvgIpc) is 2.76. The molecule has 3 N–H and O–H groups in total. The summed E-state index contributed by atoms with van der Waals surface area (Å²) in [6.45, 7) is 3.82. The monoisotopic (exact) mass is 484 g/mol. The molecule has 0 bridgehead atoms. The number of aromatic hydroxyl groups is 1. The Morgan fingerprint density at radius 3 is 2.56 bits per heavy atom. The van der Waals surface area contributed by atoms with Crippen LogP contribution in [0.25, 0.3) is 0 Å². The Morgan fingerprint density at radius 1 is 1.25 bits per heavy atom. The van der Waals surface area contributed by atoms with Crippen molar-refractivity contribution in [1.29, 1.82) is 0 Å². The lowest BCUT2D eigenvalue weighted by atomic mass is 9.85. The van der Waals surface area contributed by atoms with Crippen LogP contribution < -0.4 is 10.1 Å². The Hall–Kier alpha value is -2.25. The molecule has 0 aliphatic heterocycles. The molecule has 1 fully saturated rings. The molecule has 1 aliphatic rings. The minimum absolute atomic E-state index is 0.0204. The number of halogens is 3. The second-order valence-corrected chi connectivity index (χ2v) is 9.22. The van der Waals surface area contributed by atoms with Gasteiger partial charge in [0.15, 0.2) is 11.6 Å². The molecule has 9 heteroatoms. The van der Waals surface area contributed by atoms with E-state index in [9.17, 15) is 19.4 Å². The van der Waals surface area contributed by atoms with Crippen LogP contribution in [0.2, 0.25) is 10.0 Å². The third-order valence-electron chi connectivity index (χ3n) is 5.74. The largest absolute Gasteiger partial charge is 0.508 e. The van der Waals surface area contributed by atoms with E-state index in [4.69, 9.17) is 27.9 Å². The molecule has 1 aliphatic carbocycles. The number of phenolic OH excluding ortho intramolecular Hbond substituents is 1. The maximum absolute atomic E-state index is 14.5. The van der Waals surface area contributed by atoms with Crippen molar-refractivity contribution in [3.05, 3.63) is 39.8 Å². The second kappa shape index (κ2) is 10.6. The number of aromatic nitrogens is 1. The fraction of sp³-hybridized carbons (Fsp3) is 0.478.